The number of hydrogen-bond acceptors (Lipinski definition) is 7. The summed E-state index contributed by atoms with van der Waals surface area (Å²) >= 11 is 0. The van der Waals surface area contributed by atoms with Crippen molar-refractivity contribution in [2.24, 2.45) is 0 Å². The molecular weight excluding hydrogens is 256 g/mol. The zero-order valence-corrected chi connectivity index (χ0v) is 11.4. The number of esters is 3. The summed E-state index contributed by atoms with van der Waals surface area (Å²) in [4.78, 5) is 33.0. The lowest BCUT2D eigenvalue weighted by Crippen LogP contribution is -2.51. The van der Waals surface area contributed by atoms with Crippen molar-refractivity contribution < 1.29 is 33.3 Å². The fourth-order valence-electron chi connectivity index (χ4n) is 1.95. The molecule has 1 fully saturated rings. The second-order valence-electron chi connectivity index (χ2n) is 4.34. The van der Waals surface area contributed by atoms with Gasteiger partial charge in [0.25, 0.3) is 0 Å². The summed E-state index contributed by atoms with van der Waals surface area (Å²) in [6, 6.07) is 0. The maximum Gasteiger partial charge on any atom is 0.304 e. The van der Waals surface area contributed by atoms with Crippen molar-refractivity contribution in [1.29, 1.82) is 0 Å². The van der Waals surface area contributed by atoms with Gasteiger partial charge in [0.05, 0.1) is 12.5 Å². The Kier molecular flexibility index (Phi) is 5.29. The third-order valence-corrected chi connectivity index (χ3v) is 2.54. The van der Waals surface area contributed by atoms with E-state index in [1.807, 2.05) is 0 Å². The lowest BCUT2D eigenvalue weighted by Gasteiger charge is -2.38. The molecule has 7 heteroatoms. The largest absolute Gasteiger partial charge is 0.458 e. The van der Waals surface area contributed by atoms with Gasteiger partial charge in [0.2, 0.25) is 6.29 Å². The van der Waals surface area contributed by atoms with Gasteiger partial charge in [0, 0.05) is 20.8 Å². The van der Waals surface area contributed by atoms with E-state index in [4.69, 9.17) is 18.9 Å². The van der Waals surface area contributed by atoms with Crippen LogP contribution in [0.25, 0.3) is 0 Å². The SMILES string of the molecule is CC(=O)OC1CC(OC(C)=O)C(OC(C)=O)C(C)O1. The fraction of sp³-hybridized carbons (Fsp3) is 0.750. The van der Waals surface area contributed by atoms with E-state index in [1.165, 1.54) is 20.8 Å². The molecule has 1 aliphatic heterocycles. The van der Waals surface area contributed by atoms with E-state index in [2.05, 4.69) is 0 Å². The third-order valence-electron chi connectivity index (χ3n) is 2.54. The molecule has 7 nitrogen and oxygen atoms in total. The average molecular weight is 274 g/mol. The Labute approximate surface area is 111 Å². The molecule has 0 radical (unpaired) electrons. The Morgan fingerprint density at radius 1 is 0.947 bits per heavy atom. The van der Waals surface area contributed by atoms with Crippen LogP contribution in [0.1, 0.15) is 34.1 Å². The summed E-state index contributed by atoms with van der Waals surface area (Å²) in [5.74, 6) is -1.49. The Hall–Kier alpha value is -1.63. The molecule has 0 amide bonds. The molecule has 1 aliphatic rings. The zero-order chi connectivity index (χ0) is 14.6. The second-order valence-corrected chi connectivity index (χ2v) is 4.34. The minimum Gasteiger partial charge on any atom is -0.458 e. The molecule has 19 heavy (non-hydrogen) atoms. The molecule has 1 rings (SSSR count). The van der Waals surface area contributed by atoms with Crippen molar-refractivity contribution in [2.75, 3.05) is 0 Å². The monoisotopic (exact) mass is 274 g/mol. The predicted octanol–water partition coefficient (Wildman–Crippen LogP) is 0.548. The summed E-state index contributed by atoms with van der Waals surface area (Å²) < 4.78 is 20.5. The first-order valence-electron chi connectivity index (χ1n) is 5.96. The molecule has 4 unspecified atom stereocenters. The Balaban J connectivity index is 2.77. The molecule has 0 bridgehead atoms. The van der Waals surface area contributed by atoms with Crippen molar-refractivity contribution in [2.45, 2.75) is 58.7 Å². The van der Waals surface area contributed by atoms with Gasteiger partial charge in [-0.15, -0.1) is 0 Å². The van der Waals surface area contributed by atoms with Crippen LogP contribution < -0.4 is 0 Å². The maximum atomic E-state index is 11.1. The molecule has 0 N–H and O–H groups in total. The van der Waals surface area contributed by atoms with Gasteiger partial charge in [-0.2, -0.15) is 0 Å². The lowest BCUT2D eigenvalue weighted by molar-refractivity contribution is -0.250. The van der Waals surface area contributed by atoms with Crippen LogP contribution in [0.5, 0.6) is 0 Å². The van der Waals surface area contributed by atoms with Gasteiger partial charge in [-0.25, -0.2) is 0 Å². The Morgan fingerprint density at radius 2 is 1.47 bits per heavy atom. The van der Waals surface area contributed by atoms with Crippen molar-refractivity contribution in [3.05, 3.63) is 0 Å². The molecule has 1 heterocycles. The van der Waals surface area contributed by atoms with Gasteiger partial charge in [-0.3, -0.25) is 14.4 Å². The number of ether oxygens (including phenoxy) is 4. The molecule has 0 aromatic carbocycles. The second kappa shape index (κ2) is 6.51. The molecule has 4 atom stereocenters. The summed E-state index contributed by atoms with van der Waals surface area (Å²) in [6.45, 7) is 5.42. The smallest absolute Gasteiger partial charge is 0.304 e. The summed E-state index contributed by atoms with van der Waals surface area (Å²) in [5.41, 5.74) is 0. The van der Waals surface area contributed by atoms with E-state index in [-0.39, 0.29) is 6.42 Å². The highest BCUT2D eigenvalue weighted by atomic mass is 16.7. The molecule has 0 aromatic heterocycles. The van der Waals surface area contributed by atoms with E-state index < -0.39 is 42.5 Å². The molecular formula is C12H18O7. The standard InChI is InChI=1S/C12H18O7/c1-6-12(19-9(4)15)10(17-7(2)13)5-11(16-6)18-8(3)14/h6,10-12H,5H2,1-4H3. The third kappa shape index (κ3) is 4.86. The Morgan fingerprint density at radius 3 is 1.95 bits per heavy atom. The fourth-order valence-corrected chi connectivity index (χ4v) is 1.95. The maximum absolute atomic E-state index is 11.1. The summed E-state index contributed by atoms with van der Waals surface area (Å²) in [6.07, 6.45) is -2.65. The number of rotatable bonds is 3. The van der Waals surface area contributed by atoms with Gasteiger partial charge in [0.15, 0.2) is 6.10 Å². The molecule has 0 aliphatic carbocycles. The molecule has 0 aromatic rings. The van der Waals surface area contributed by atoms with Crippen molar-refractivity contribution >= 4 is 17.9 Å². The first kappa shape index (κ1) is 15.4. The highest BCUT2D eigenvalue weighted by Crippen LogP contribution is 2.26. The van der Waals surface area contributed by atoms with Gasteiger partial charge in [-0.05, 0) is 6.92 Å². The van der Waals surface area contributed by atoms with Crippen molar-refractivity contribution in [3.63, 3.8) is 0 Å². The lowest BCUT2D eigenvalue weighted by atomic mass is 10.0. The van der Waals surface area contributed by atoms with Gasteiger partial charge < -0.3 is 18.9 Å². The van der Waals surface area contributed by atoms with Crippen LogP contribution in [-0.4, -0.2) is 42.5 Å². The summed E-state index contributed by atoms with van der Waals surface area (Å²) in [7, 11) is 0. The molecule has 0 spiro atoms. The first-order chi connectivity index (χ1) is 8.79. The zero-order valence-electron chi connectivity index (χ0n) is 11.4. The first-order valence-corrected chi connectivity index (χ1v) is 5.96. The van der Waals surface area contributed by atoms with E-state index in [0.29, 0.717) is 0 Å². The highest BCUT2D eigenvalue weighted by molar-refractivity contribution is 5.67. The summed E-state index contributed by atoms with van der Waals surface area (Å²) in [5, 5.41) is 0. The van der Waals surface area contributed by atoms with Gasteiger partial charge in [0.1, 0.15) is 6.10 Å². The predicted molar refractivity (Wildman–Crippen MR) is 61.8 cm³/mol. The van der Waals surface area contributed by atoms with E-state index in [9.17, 15) is 14.4 Å². The van der Waals surface area contributed by atoms with Crippen molar-refractivity contribution in [3.8, 4) is 0 Å². The van der Waals surface area contributed by atoms with Crippen LogP contribution in [0, 0.1) is 0 Å². The Bertz CT molecular complexity index is 365. The van der Waals surface area contributed by atoms with Crippen molar-refractivity contribution in [1.82, 2.24) is 0 Å². The average Bonchev–Trinajstić information content (AvgIpc) is 2.21. The van der Waals surface area contributed by atoms with Crippen LogP contribution in [0.3, 0.4) is 0 Å². The van der Waals surface area contributed by atoms with Crippen LogP contribution in [0.15, 0.2) is 0 Å². The van der Waals surface area contributed by atoms with Gasteiger partial charge in [-0.1, -0.05) is 0 Å². The minimum atomic E-state index is -0.816. The quantitative estimate of drug-likeness (QED) is 0.548. The highest BCUT2D eigenvalue weighted by Gasteiger charge is 2.42. The van der Waals surface area contributed by atoms with Gasteiger partial charge >= 0.3 is 17.9 Å². The van der Waals surface area contributed by atoms with E-state index >= 15 is 0 Å². The normalized spacial score (nSPS) is 30.3. The minimum absolute atomic E-state index is 0.126. The molecule has 1 saturated heterocycles. The number of carbonyl (C=O) groups is 3. The van der Waals surface area contributed by atoms with E-state index in [0.717, 1.165) is 0 Å². The van der Waals surface area contributed by atoms with Crippen LogP contribution in [0.2, 0.25) is 0 Å². The topological polar surface area (TPSA) is 88.1 Å². The van der Waals surface area contributed by atoms with Crippen LogP contribution in [-0.2, 0) is 33.3 Å². The number of carbonyl (C=O) groups excluding carboxylic acids is 3. The number of hydrogen-bond donors (Lipinski definition) is 0. The molecule has 108 valence electrons. The van der Waals surface area contributed by atoms with Crippen LogP contribution >= 0.6 is 0 Å². The molecule has 0 saturated carbocycles. The van der Waals surface area contributed by atoms with Crippen LogP contribution in [0.4, 0.5) is 0 Å². The van der Waals surface area contributed by atoms with E-state index in [1.54, 1.807) is 6.92 Å².